The number of aliphatic hydroxyl groups excluding tert-OH is 1. The third-order valence-corrected chi connectivity index (χ3v) is 4.01. The van der Waals surface area contributed by atoms with E-state index in [1.165, 1.54) is 21.5 Å². The summed E-state index contributed by atoms with van der Waals surface area (Å²) in [5, 5.41) is 15.3. The van der Waals surface area contributed by atoms with E-state index in [1.54, 1.807) is 0 Å². The molecule has 3 rings (SSSR count). The Morgan fingerprint density at radius 1 is 0.850 bits per heavy atom. The number of aliphatic hydroxyl groups is 1. The maximum absolute atomic E-state index is 10.4. The normalized spacial score (nSPS) is 12.9. The molecular formula is C19H20O. The number of hydrogen-bond donors (Lipinski definition) is 1. The number of rotatable bonds is 4. The van der Waals surface area contributed by atoms with Gasteiger partial charge >= 0.3 is 0 Å². The molecule has 0 fully saturated rings. The van der Waals surface area contributed by atoms with Crippen LogP contribution >= 0.6 is 0 Å². The summed E-state index contributed by atoms with van der Waals surface area (Å²) in [6, 6.07) is 19.0. The van der Waals surface area contributed by atoms with Crippen LogP contribution in [0.2, 0.25) is 0 Å². The van der Waals surface area contributed by atoms with E-state index in [9.17, 15) is 5.11 Å². The van der Waals surface area contributed by atoms with Crippen molar-refractivity contribution in [3.8, 4) is 0 Å². The smallest absolute Gasteiger partial charge is 0.0796 e. The molecule has 0 saturated heterocycles. The van der Waals surface area contributed by atoms with Crippen molar-refractivity contribution in [1.82, 2.24) is 0 Å². The van der Waals surface area contributed by atoms with Gasteiger partial charge in [-0.15, -0.1) is 0 Å². The van der Waals surface area contributed by atoms with Crippen molar-refractivity contribution in [2.45, 2.75) is 32.3 Å². The highest BCUT2D eigenvalue weighted by molar-refractivity contribution is 6.08. The van der Waals surface area contributed by atoms with Gasteiger partial charge in [-0.2, -0.15) is 0 Å². The lowest BCUT2D eigenvalue weighted by Gasteiger charge is -2.14. The van der Waals surface area contributed by atoms with Crippen molar-refractivity contribution < 1.29 is 5.11 Å². The summed E-state index contributed by atoms with van der Waals surface area (Å²) >= 11 is 0. The Bertz CT molecular complexity index is 730. The second-order valence-electron chi connectivity index (χ2n) is 5.39. The van der Waals surface area contributed by atoms with Crippen LogP contribution in [0.25, 0.3) is 21.5 Å². The van der Waals surface area contributed by atoms with Gasteiger partial charge in [0.05, 0.1) is 6.10 Å². The molecule has 0 heterocycles. The molecule has 0 radical (unpaired) electrons. The van der Waals surface area contributed by atoms with Gasteiger partial charge in [-0.1, -0.05) is 74.4 Å². The lowest BCUT2D eigenvalue weighted by Crippen LogP contribution is -1.98. The zero-order chi connectivity index (χ0) is 13.9. The zero-order valence-corrected chi connectivity index (χ0v) is 11.8. The first-order valence-corrected chi connectivity index (χ1v) is 7.39. The van der Waals surface area contributed by atoms with E-state index < -0.39 is 0 Å². The average Bonchev–Trinajstić information content (AvgIpc) is 2.51. The van der Waals surface area contributed by atoms with Crippen LogP contribution in [0.3, 0.4) is 0 Å². The van der Waals surface area contributed by atoms with Gasteiger partial charge in [-0.3, -0.25) is 0 Å². The molecule has 1 unspecified atom stereocenters. The summed E-state index contributed by atoms with van der Waals surface area (Å²) in [5.74, 6) is 0. The van der Waals surface area contributed by atoms with Crippen LogP contribution in [0.1, 0.15) is 37.9 Å². The van der Waals surface area contributed by atoms with Crippen molar-refractivity contribution >= 4 is 21.5 Å². The highest BCUT2D eigenvalue weighted by Crippen LogP contribution is 2.31. The maximum Gasteiger partial charge on any atom is 0.0796 e. The number of fused-ring (bicyclic) bond motifs is 3. The van der Waals surface area contributed by atoms with Gasteiger partial charge in [0, 0.05) is 0 Å². The standard InChI is InChI=1S/C19H20O/c1-2-3-11-19(20)18-10-6-9-16-15-8-5-4-7-14(15)12-13-17(16)18/h4-10,12-13,19-20H,2-3,11H2,1H3. The molecule has 0 aliphatic heterocycles. The van der Waals surface area contributed by atoms with Crippen molar-refractivity contribution in [1.29, 1.82) is 0 Å². The van der Waals surface area contributed by atoms with Crippen LogP contribution in [-0.4, -0.2) is 5.11 Å². The fourth-order valence-electron chi connectivity index (χ4n) is 2.91. The Morgan fingerprint density at radius 3 is 2.50 bits per heavy atom. The first-order chi connectivity index (χ1) is 9.81. The van der Waals surface area contributed by atoms with Crippen LogP contribution in [0.15, 0.2) is 54.6 Å². The molecule has 20 heavy (non-hydrogen) atoms. The molecule has 1 nitrogen and oxygen atoms in total. The molecule has 0 amide bonds. The Morgan fingerprint density at radius 2 is 1.65 bits per heavy atom. The Hall–Kier alpha value is -1.86. The molecule has 0 spiro atoms. The van der Waals surface area contributed by atoms with Crippen LogP contribution in [0.5, 0.6) is 0 Å². The zero-order valence-electron chi connectivity index (χ0n) is 11.8. The fourth-order valence-corrected chi connectivity index (χ4v) is 2.91. The molecule has 102 valence electrons. The van der Waals surface area contributed by atoms with Gasteiger partial charge < -0.3 is 5.11 Å². The summed E-state index contributed by atoms with van der Waals surface area (Å²) in [6.45, 7) is 2.16. The third kappa shape index (κ3) is 2.30. The van der Waals surface area contributed by atoms with Crippen molar-refractivity contribution in [2.24, 2.45) is 0 Å². The SMILES string of the molecule is CCCCC(O)c1cccc2c1ccc1ccccc12. The summed E-state index contributed by atoms with van der Waals surface area (Å²) in [5.41, 5.74) is 1.06. The molecule has 3 aromatic rings. The molecule has 3 aromatic carbocycles. The van der Waals surface area contributed by atoms with Crippen LogP contribution < -0.4 is 0 Å². The summed E-state index contributed by atoms with van der Waals surface area (Å²) in [4.78, 5) is 0. The lowest BCUT2D eigenvalue weighted by atomic mass is 9.94. The number of benzene rings is 3. The molecule has 1 N–H and O–H groups in total. The van der Waals surface area contributed by atoms with Crippen LogP contribution in [-0.2, 0) is 0 Å². The van der Waals surface area contributed by atoms with E-state index in [-0.39, 0.29) is 6.10 Å². The molecule has 0 aliphatic carbocycles. The van der Waals surface area contributed by atoms with Gasteiger partial charge in [0.2, 0.25) is 0 Å². The molecule has 0 bridgehead atoms. The summed E-state index contributed by atoms with van der Waals surface area (Å²) in [6.07, 6.45) is 2.65. The highest BCUT2D eigenvalue weighted by Gasteiger charge is 2.11. The Balaban J connectivity index is 2.17. The Labute approximate surface area is 119 Å². The first-order valence-electron chi connectivity index (χ1n) is 7.39. The second kappa shape index (κ2) is 5.64. The largest absolute Gasteiger partial charge is 0.388 e. The number of unbranched alkanes of at least 4 members (excludes halogenated alkanes) is 1. The van der Waals surface area contributed by atoms with Crippen molar-refractivity contribution in [3.05, 3.63) is 60.2 Å². The minimum absolute atomic E-state index is 0.361. The molecule has 0 aromatic heterocycles. The lowest BCUT2D eigenvalue weighted by molar-refractivity contribution is 0.166. The van der Waals surface area contributed by atoms with Gasteiger partial charge in [-0.05, 0) is 33.5 Å². The van der Waals surface area contributed by atoms with E-state index in [1.807, 2.05) is 0 Å². The first kappa shape index (κ1) is 13.1. The molecule has 0 aliphatic rings. The quantitative estimate of drug-likeness (QED) is 0.641. The minimum Gasteiger partial charge on any atom is -0.388 e. The van der Waals surface area contributed by atoms with Gasteiger partial charge in [0.25, 0.3) is 0 Å². The van der Waals surface area contributed by atoms with Gasteiger partial charge in [-0.25, -0.2) is 0 Å². The molecule has 1 atom stereocenters. The van der Waals surface area contributed by atoms with Crippen LogP contribution in [0.4, 0.5) is 0 Å². The third-order valence-electron chi connectivity index (χ3n) is 4.01. The van der Waals surface area contributed by atoms with E-state index in [2.05, 4.69) is 61.5 Å². The van der Waals surface area contributed by atoms with E-state index in [0.717, 1.165) is 24.8 Å². The highest BCUT2D eigenvalue weighted by atomic mass is 16.3. The average molecular weight is 264 g/mol. The van der Waals surface area contributed by atoms with Gasteiger partial charge in [0.1, 0.15) is 0 Å². The minimum atomic E-state index is -0.361. The Kier molecular flexibility index (Phi) is 3.70. The maximum atomic E-state index is 10.4. The predicted octanol–water partition coefficient (Wildman–Crippen LogP) is 5.22. The topological polar surface area (TPSA) is 20.2 Å². The van der Waals surface area contributed by atoms with E-state index >= 15 is 0 Å². The predicted molar refractivity (Wildman–Crippen MR) is 85.9 cm³/mol. The number of hydrogen-bond acceptors (Lipinski definition) is 1. The van der Waals surface area contributed by atoms with Gasteiger partial charge in [0.15, 0.2) is 0 Å². The van der Waals surface area contributed by atoms with Crippen LogP contribution in [0, 0.1) is 0 Å². The summed E-state index contributed by atoms with van der Waals surface area (Å²) < 4.78 is 0. The summed E-state index contributed by atoms with van der Waals surface area (Å²) in [7, 11) is 0. The second-order valence-corrected chi connectivity index (χ2v) is 5.39. The van der Waals surface area contributed by atoms with E-state index in [4.69, 9.17) is 0 Å². The van der Waals surface area contributed by atoms with E-state index in [0.29, 0.717) is 0 Å². The van der Waals surface area contributed by atoms with Crippen molar-refractivity contribution in [2.75, 3.05) is 0 Å². The fraction of sp³-hybridized carbons (Fsp3) is 0.263. The molecule has 0 saturated carbocycles. The molecular weight excluding hydrogens is 244 g/mol. The monoisotopic (exact) mass is 264 g/mol. The molecule has 1 heteroatoms. The van der Waals surface area contributed by atoms with Crippen molar-refractivity contribution in [3.63, 3.8) is 0 Å².